The summed E-state index contributed by atoms with van der Waals surface area (Å²) in [6.07, 6.45) is 65.8. The van der Waals surface area contributed by atoms with E-state index in [-0.39, 0.29) is 31.3 Å². The molecule has 3 unspecified atom stereocenters. The molecule has 0 aromatic heterocycles. The summed E-state index contributed by atoms with van der Waals surface area (Å²) in [7, 11) is 1.16. The van der Waals surface area contributed by atoms with E-state index in [0.717, 1.165) is 89.9 Å². The molecule has 0 aliphatic carbocycles. The SMILES string of the molecule is CC/C=C\C/C=C\C/C=C\C/C=C\C/C=C\CCCCCC(=O)NC(COP(=O)([O-])OCC[N+](C)(C)C)C(/C=C/CCCCCCCCCCCC)OC(=O)CCCCCCCCCCCCCCCCC. The molecule has 0 aliphatic heterocycles. The number of phosphoric acid groups is 1. The number of carbonyl (C=O) groups is 2. The Morgan fingerprint density at radius 3 is 1.35 bits per heavy atom. The Labute approximate surface area is 444 Å². The molecular weight excluding hydrogens is 916 g/mol. The number of allylic oxidation sites excluding steroid dienone is 11. The van der Waals surface area contributed by atoms with Gasteiger partial charge in [-0.1, -0.05) is 242 Å². The van der Waals surface area contributed by atoms with Gasteiger partial charge in [-0.25, -0.2) is 0 Å². The van der Waals surface area contributed by atoms with E-state index in [1.807, 2.05) is 33.3 Å². The van der Waals surface area contributed by atoms with Crippen LogP contribution >= 0.6 is 7.82 Å². The van der Waals surface area contributed by atoms with Gasteiger partial charge in [0.05, 0.1) is 33.8 Å². The van der Waals surface area contributed by atoms with Crippen molar-refractivity contribution in [1.29, 1.82) is 0 Å². The molecule has 418 valence electrons. The zero-order valence-electron chi connectivity index (χ0n) is 47.6. The zero-order valence-corrected chi connectivity index (χ0v) is 48.5. The number of likely N-dealkylation sites (N-methyl/N-ethyl adjacent to an activating group) is 1. The van der Waals surface area contributed by atoms with E-state index < -0.39 is 26.6 Å². The molecule has 0 bridgehead atoms. The smallest absolute Gasteiger partial charge is 0.306 e. The van der Waals surface area contributed by atoms with E-state index in [0.29, 0.717) is 17.4 Å². The molecule has 0 heterocycles. The van der Waals surface area contributed by atoms with Crippen LogP contribution in [0.5, 0.6) is 0 Å². The van der Waals surface area contributed by atoms with Gasteiger partial charge >= 0.3 is 5.97 Å². The van der Waals surface area contributed by atoms with Gasteiger partial charge in [0.2, 0.25) is 5.91 Å². The van der Waals surface area contributed by atoms with Crippen LogP contribution in [0.15, 0.2) is 72.9 Å². The average molecular weight is 1030 g/mol. The van der Waals surface area contributed by atoms with Crippen molar-refractivity contribution in [1.82, 2.24) is 5.32 Å². The van der Waals surface area contributed by atoms with Crippen LogP contribution in [0.4, 0.5) is 0 Å². The van der Waals surface area contributed by atoms with Gasteiger partial charge in [-0.2, -0.15) is 0 Å². The van der Waals surface area contributed by atoms with E-state index in [2.05, 4.69) is 86.8 Å². The number of phosphoric ester groups is 1. The highest BCUT2D eigenvalue weighted by Crippen LogP contribution is 2.38. The molecule has 9 nitrogen and oxygen atoms in total. The van der Waals surface area contributed by atoms with E-state index in [4.69, 9.17) is 13.8 Å². The third-order valence-corrected chi connectivity index (χ3v) is 13.9. The Bertz CT molecular complexity index is 1460. The maximum absolute atomic E-state index is 13.5. The third-order valence-electron chi connectivity index (χ3n) is 12.9. The number of carbonyl (C=O) groups excluding carboxylic acids is 2. The van der Waals surface area contributed by atoms with Gasteiger partial charge in [-0.15, -0.1) is 0 Å². The van der Waals surface area contributed by atoms with Crippen molar-refractivity contribution in [2.75, 3.05) is 40.9 Å². The Morgan fingerprint density at radius 2 is 0.889 bits per heavy atom. The van der Waals surface area contributed by atoms with Crippen LogP contribution < -0.4 is 10.2 Å². The number of rotatable bonds is 53. The van der Waals surface area contributed by atoms with Gasteiger partial charge in [-0.05, 0) is 76.7 Å². The van der Waals surface area contributed by atoms with Gasteiger partial charge in [-0.3, -0.25) is 14.2 Å². The summed E-state index contributed by atoms with van der Waals surface area (Å²) in [5.41, 5.74) is 0. The van der Waals surface area contributed by atoms with Gasteiger partial charge in [0.15, 0.2) is 0 Å². The minimum absolute atomic E-state index is 0.0304. The monoisotopic (exact) mass is 1030 g/mol. The quantitative estimate of drug-likeness (QED) is 0.0212. The molecule has 1 N–H and O–H groups in total. The molecule has 1 amide bonds. The normalized spacial score (nSPS) is 14.3. The summed E-state index contributed by atoms with van der Waals surface area (Å²) >= 11 is 0. The maximum Gasteiger partial charge on any atom is 0.306 e. The fraction of sp³-hybridized carbons (Fsp3) is 0.774. The number of amides is 1. The largest absolute Gasteiger partial charge is 0.756 e. The van der Waals surface area contributed by atoms with Crippen LogP contribution in [0.1, 0.15) is 258 Å². The van der Waals surface area contributed by atoms with Crippen molar-refractivity contribution in [3.8, 4) is 0 Å². The fourth-order valence-corrected chi connectivity index (χ4v) is 9.04. The molecule has 0 aromatic rings. The lowest BCUT2D eigenvalue weighted by Gasteiger charge is -2.30. The molecule has 0 spiro atoms. The van der Waals surface area contributed by atoms with Crippen LogP contribution in [0, 0.1) is 0 Å². The Morgan fingerprint density at radius 1 is 0.500 bits per heavy atom. The van der Waals surface area contributed by atoms with E-state index in [9.17, 15) is 19.0 Å². The number of esters is 1. The highest BCUT2D eigenvalue weighted by molar-refractivity contribution is 7.45. The van der Waals surface area contributed by atoms with E-state index in [1.165, 1.54) is 128 Å². The lowest BCUT2D eigenvalue weighted by atomic mass is 10.0. The molecule has 0 aromatic carbocycles. The first-order valence-electron chi connectivity index (χ1n) is 29.7. The fourth-order valence-electron chi connectivity index (χ4n) is 8.31. The van der Waals surface area contributed by atoms with Crippen molar-refractivity contribution in [3.63, 3.8) is 0 Å². The summed E-state index contributed by atoms with van der Waals surface area (Å²) in [4.78, 5) is 39.9. The average Bonchev–Trinajstić information content (AvgIpc) is 3.34. The predicted octanol–water partition coefficient (Wildman–Crippen LogP) is 17.4. The standard InChI is InChI=1S/C62H113N2O7P/c1-7-10-13-16-19-22-25-28-30-31-32-33-35-36-39-42-45-48-51-54-61(65)63-59(58-70-72(67,68)69-57-56-64(4,5)6)60(53-50-47-44-41-38-27-24-21-18-15-12-9-3)71-62(66)55-52-49-46-43-40-37-34-29-26-23-20-17-14-11-8-2/h10,13,19,22,28,30,32-33,36,39,50,53,59-60H,7-9,11-12,14-18,20-21,23-27,29,31,34-35,37-38,40-49,51-52,54-58H2,1-6H3,(H-,63,65,67,68)/b13-10-,22-19-,30-28-,33-32-,39-36-,53-50+. The predicted molar refractivity (Wildman–Crippen MR) is 307 cm³/mol. The number of unbranched alkanes of at least 4 members (excludes halogenated alkanes) is 27. The number of hydrogen-bond donors (Lipinski definition) is 1. The molecule has 10 heteroatoms. The summed E-state index contributed by atoms with van der Waals surface area (Å²) in [5.74, 6) is -0.575. The first-order valence-corrected chi connectivity index (χ1v) is 31.2. The minimum atomic E-state index is -4.71. The molecule has 0 radical (unpaired) electrons. The van der Waals surface area contributed by atoms with Crippen LogP contribution in [0.2, 0.25) is 0 Å². The molecule has 0 saturated heterocycles. The highest BCUT2D eigenvalue weighted by Gasteiger charge is 2.27. The Kier molecular flexibility index (Phi) is 50.1. The first-order chi connectivity index (χ1) is 34.9. The van der Waals surface area contributed by atoms with Gasteiger partial charge in [0.25, 0.3) is 7.82 Å². The third kappa shape index (κ3) is 52.3. The topological polar surface area (TPSA) is 114 Å². The van der Waals surface area contributed by atoms with Gasteiger partial charge in [0, 0.05) is 12.8 Å². The lowest BCUT2D eigenvalue weighted by Crippen LogP contribution is -2.47. The van der Waals surface area contributed by atoms with Gasteiger partial charge < -0.3 is 28.5 Å². The second-order valence-electron chi connectivity index (χ2n) is 21.1. The van der Waals surface area contributed by atoms with Crippen molar-refractivity contribution < 1.29 is 37.3 Å². The molecule has 0 aliphatic rings. The van der Waals surface area contributed by atoms with Crippen LogP contribution in [-0.2, 0) is 27.9 Å². The highest BCUT2D eigenvalue weighted by atomic mass is 31.2. The lowest BCUT2D eigenvalue weighted by molar-refractivity contribution is -0.870. The van der Waals surface area contributed by atoms with Crippen LogP contribution in [-0.4, -0.2) is 69.4 Å². The summed E-state index contributed by atoms with van der Waals surface area (Å²) in [6, 6.07) is -0.906. The molecule has 3 atom stereocenters. The van der Waals surface area contributed by atoms with Gasteiger partial charge in [0.1, 0.15) is 19.3 Å². The number of nitrogens with zero attached hydrogens (tertiary/aromatic N) is 1. The van der Waals surface area contributed by atoms with Crippen LogP contribution in [0.25, 0.3) is 0 Å². The van der Waals surface area contributed by atoms with E-state index >= 15 is 0 Å². The van der Waals surface area contributed by atoms with Crippen molar-refractivity contribution in [3.05, 3.63) is 72.9 Å². The minimum Gasteiger partial charge on any atom is -0.756 e. The molecule has 0 saturated carbocycles. The second kappa shape index (κ2) is 51.9. The Balaban J connectivity index is 5.36. The molecular formula is C62H113N2O7P. The van der Waals surface area contributed by atoms with E-state index in [1.54, 1.807) is 0 Å². The molecule has 0 fully saturated rings. The summed E-state index contributed by atoms with van der Waals surface area (Å²) < 4.78 is 30.2. The van der Waals surface area contributed by atoms with Crippen molar-refractivity contribution in [2.45, 2.75) is 270 Å². The number of ether oxygens (including phenoxy) is 1. The molecule has 0 rings (SSSR count). The number of hydrogen-bond acceptors (Lipinski definition) is 7. The van der Waals surface area contributed by atoms with Crippen molar-refractivity contribution in [2.24, 2.45) is 0 Å². The summed E-state index contributed by atoms with van der Waals surface area (Å²) in [6.45, 7) is 6.71. The summed E-state index contributed by atoms with van der Waals surface area (Å²) in [5, 5.41) is 3.01. The number of quaternary nitrogens is 1. The van der Waals surface area contributed by atoms with Crippen LogP contribution in [0.3, 0.4) is 0 Å². The second-order valence-corrected chi connectivity index (χ2v) is 22.5. The molecule has 72 heavy (non-hydrogen) atoms. The first kappa shape index (κ1) is 69.5. The Hall–Kier alpha value is -2.55. The maximum atomic E-state index is 13.5. The van der Waals surface area contributed by atoms with Crippen molar-refractivity contribution >= 4 is 19.7 Å². The zero-order chi connectivity index (χ0) is 52.9. The number of nitrogens with one attached hydrogen (secondary N) is 1.